The molecular weight excluding hydrogens is 356 g/mol. The standard InChI is InChI=1S/C21H36N4O3/c1-5-14-28-19-10-7-9-18(16-19)11-13-23-21(22-12-8-15-27-6-2)24-17-20(26)25(3)4/h7,9-10,16H,5-6,8,11-15,17H2,1-4H3,(H2,22,23,24). The normalized spacial score (nSPS) is 11.2. The number of carbonyl (C=O) groups excluding carboxylic acids is 1. The van der Waals surface area contributed by atoms with Crippen LogP contribution in [0.3, 0.4) is 0 Å². The molecule has 28 heavy (non-hydrogen) atoms. The summed E-state index contributed by atoms with van der Waals surface area (Å²) < 4.78 is 11.0. The molecule has 0 heterocycles. The quantitative estimate of drug-likeness (QED) is 0.305. The fourth-order valence-electron chi connectivity index (χ4n) is 2.32. The van der Waals surface area contributed by atoms with Gasteiger partial charge < -0.3 is 25.0 Å². The Balaban J connectivity index is 2.52. The summed E-state index contributed by atoms with van der Waals surface area (Å²) in [5.41, 5.74) is 1.20. The highest BCUT2D eigenvalue weighted by atomic mass is 16.5. The molecule has 7 nitrogen and oxygen atoms in total. The number of nitrogens with one attached hydrogen (secondary N) is 2. The first kappa shape index (κ1) is 23.8. The minimum absolute atomic E-state index is 0.0313. The van der Waals surface area contributed by atoms with Crippen LogP contribution in [0.25, 0.3) is 0 Å². The Morgan fingerprint density at radius 3 is 2.64 bits per heavy atom. The van der Waals surface area contributed by atoms with Crippen molar-refractivity contribution in [1.29, 1.82) is 0 Å². The van der Waals surface area contributed by atoms with E-state index in [2.05, 4.69) is 34.7 Å². The van der Waals surface area contributed by atoms with Crippen LogP contribution in [-0.4, -0.2) is 70.3 Å². The molecule has 1 rings (SSSR count). The summed E-state index contributed by atoms with van der Waals surface area (Å²) in [6, 6.07) is 8.14. The minimum atomic E-state index is -0.0313. The zero-order valence-corrected chi connectivity index (χ0v) is 17.8. The van der Waals surface area contributed by atoms with Crippen LogP contribution in [0.15, 0.2) is 29.3 Å². The Hall–Kier alpha value is -2.28. The largest absolute Gasteiger partial charge is 0.494 e. The van der Waals surface area contributed by atoms with E-state index in [-0.39, 0.29) is 12.5 Å². The lowest BCUT2D eigenvalue weighted by atomic mass is 10.1. The van der Waals surface area contributed by atoms with E-state index in [1.165, 1.54) is 10.5 Å². The average Bonchev–Trinajstić information content (AvgIpc) is 2.69. The molecule has 1 aromatic rings. The molecule has 2 N–H and O–H groups in total. The number of hydrogen-bond acceptors (Lipinski definition) is 4. The van der Waals surface area contributed by atoms with Gasteiger partial charge in [0.25, 0.3) is 0 Å². The third-order valence-corrected chi connectivity index (χ3v) is 3.91. The third kappa shape index (κ3) is 10.8. The van der Waals surface area contributed by atoms with E-state index in [0.29, 0.717) is 19.1 Å². The predicted octanol–water partition coefficient (Wildman–Crippen LogP) is 2.07. The lowest BCUT2D eigenvalue weighted by Gasteiger charge is -2.14. The molecule has 0 bridgehead atoms. The van der Waals surface area contributed by atoms with E-state index >= 15 is 0 Å². The number of hydrogen-bond donors (Lipinski definition) is 2. The van der Waals surface area contributed by atoms with E-state index in [4.69, 9.17) is 9.47 Å². The highest BCUT2D eigenvalue weighted by Crippen LogP contribution is 2.13. The fourth-order valence-corrected chi connectivity index (χ4v) is 2.32. The van der Waals surface area contributed by atoms with Crippen LogP contribution in [0.1, 0.15) is 32.3 Å². The maximum atomic E-state index is 11.8. The number of amides is 1. The smallest absolute Gasteiger partial charge is 0.243 e. The van der Waals surface area contributed by atoms with Crippen molar-refractivity contribution in [3.8, 4) is 5.75 Å². The van der Waals surface area contributed by atoms with E-state index in [1.54, 1.807) is 14.1 Å². The summed E-state index contributed by atoms with van der Waals surface area (Å²) in [5, 5.41) is 6.56. The minimum Gasteiger partial charge on any atom is -0.494 e. The van der Waals surface area contributed by atoms with Gasteiger partial charge >= 0.3 is 0 Å². The van der Waals surface area contributed by atoms with Gasteiger partial charge in [-0.3, -0.25) is 4.79 Å². The first-order chi connectivity index (χ1) is 13.6. The highest BCUT2D eigenvalue weighted by Gasteiger charge is 2.05. The number of likely N-dealkylation sites (N-methyl/N-ethyl adjacent to an activating group) is 1. The van der Waals surface area contributed by atoms with Gasteiger partial charge in [0.15, 0.2) is 5.96 Å². The molecule has 7 heteroatoms. The summed E-state index contributed by atoms with van der Waals surface area (Å²) in [6.45, 7) is 7.80. The van der Waals surface area contributed by atoms with Gasteiger partial charge in [0.05, 0.1) is 6.61 Å². The van der Waals surface area contributed by atoms with Gasteiger partial charge in [0, 0.05) is 40.4 Å². The second-order valence-electron chi connectivity index (χ2n) is 6.60. The Bertz CT molecular complexity index is 591. The van der Waals surface area contributed by atoms with Crippen LogP contribution in [0, 0.1) is 0 Å². The number of guanidine groups is 1. The molecule has 1 amide bonds. The maximum absolute atomic E-state index is 11.8. The molecule has 0 fully saturated rings. The molecule has 0 saturated carbocycles. The Labute approximate surface area is 169 Å². The van der Waals surface area contributed by atoms with Crippen LogP contribution >= 0.6 is 0 Å². The highest BCUT2D eigenvalue weighted by molar-refractivity contribution is 5.84. The molecule has 158 valence electrons. The Morgan fingerprint density at radius 1 is 1.14 bits per heavy atom. The number of rotatable bonds is 13. The summed E-state index contributed by atoms with van der Waals surface area (Å²) in [7, 11) is 3.46. The van der Waals surface area contributed by atoms with E-state index in [9.17, 15) is 4.79 Å². The van der Waals surface area contributed by atoms with Crippen LogP contribution in [0.2, 0.25) is 0 Å². The number of ether oxygens (including phenoxy) is 2. The van der Waals surface area contributed by atoms with Crippen LogP contribution in [0.5, 0.6) is 5.75 Å². The van der Waals surface area contributed by atoms with Crippen molar-refractivity contribution in [2.75, 3.05) is 53.6 Å². The molecule has 0 aliphatic carbocycles. The Kier molecular flexibility index (Phi) is 12.5. The summed E-state index contributed by atoms with van der Waals surface area (Å²) in [6.07, 6.45) is 2.71. The molecule has 0 aromatic heterocycles. The molecular formula is C21H36N4O3. The fraction of sp³-hybridized carbons (Fsp3) is 0.619. The predicted molar refractivity (Wildman–Crippen MR) is 114 cm³/mol. The van der Waals surface area contributed by atoms with Crippen molar-refractivity contribution in [1.82, 2.24) is 15.5 Å². The lowest BCUT2D eigenvalue weighted by molar-refractivity contribution is -0.127. The van der Waals surface area contributed by atoms with E-state index < -0.39 is 0 Å². The molecule has 0 aliphatic heterocycles. The zero-order chi connectivity index (χ0) is 20.6. The second kappa shape index (κ2) is 14.7. The van der Waals surface area contributed by atoms with Crippen molar-refractivity contribution < 1.29 is 14.3 Å². The van der Waals surface area contributed by atoms with Crippen LogP contribution in [-0.2, 0) is 16.0 Å². The van der Waals surface area contributed by atoms with Gasteiger partial charge in [-0.05, 0) is 43.9 Å². The van der Waals surface area contributed by atoms with Crippen molar-refractivity contribution in [3.63, 3.8) is 0 Å². The van der Waals surface area contributed by atoms with Gasteiger partial charge in [-0.15, -0.1) is 0 Å². The first-order valence-corrected chi connectivity index (χ1v) is 10.1. The second-order valence-corrected chi connectivity index (χ2v) is 6.60. The van der Waals surface area contributed by atoms with Gasteiger partial charge in [-0.1, -0.05) is 19.1 Å². The molecule has 0 atom stereocenters. The lowest BCUT2D eigenvalue weighted by Crippen LogP contribution is -2.40. The molecule has 0 radical (unpaired) electrons. The zero-order valence-electron chi connectivity index (χ0n) is 17.8. The molecule has 0 unspecified atom stereocenters. The van der Waals surface area contributed by atoms with Crippen LogP contribution in [0.4, 0.5) is 0 Å². The topological polar surface area (TPSA) is 75.2 Å². The first-order valence-electron chi connectivity index (χ1n) is 10.1. The van der Waals surface area contributed by atoms with E-state index in [0.717, 1.165) is 44.8 Å². The van der Waals surface area contributed by atoms with Crippen molar-refractivity contribution in [2.45, 2.75) is 33.1 Å². The Morgan fingerprint density at radius 2 is 1.93 bits per heavy atom. The van der Waals surface area contributed by atoms with Crippen molar-refractivity contribution in [2.24, 2.45) is 4.99 Å². The number of nitrogens with zero attached hydrogens (tertiary/aromatic N) is 2. The monoisotopic (exact) mass is 392 g/mol. The van der Waals surface area contributed by atoms with Gasteiger partial charge in [0.2, 0.25) is 5.91 Å². The summed E-state index contributed by atoms with van der Waals surface area (Å²) in [5.74, 6) is 1.51. The van der Waals surface area contributed by atoms with Crippen LogP contribution < -0.4 is 15.4 Å². The van der Waals surface area contributed by atoms with Gasteiger partial charge in [-0.2, -0.15) is 0 Å². The summed E-state index contributed by atoms with van der Waals surface area (Å²) >= 11 is 0. The van der Waals surface area contributed by atoms with Crippen molar-refractivity contribution >= 4 is 11.9 Å². The van der Waals surface area contributed by atoms with E-state index in [1.807, 2.05) is 19.1 Å². The number of carbonyl (C=O) groups is 1. The average molecular weight is 393 g/mol. The van der Waals surface area contributed by atoms with Crippen molar-refractivity contribution in [3.05, 3.63) is 29.8 Å². The third-order valence-electron chi connectivity index (χ3n) is 3.91. The molecule has 0 aliphatic rings. The SMILES string of the molecule is CCCOc1cccc(CCNC(=NCC(=O)N(C)C)NCCCOCC)c1. The number of benzene rings is 1. The number of aliphatic imine (C=N–C) groups is 1. The van der Waals surface area contributed by atoms with Gasteiger partial charge in [0.1, 0.15) is 12.3 Å². The molecule has 1 aromatic carbocycles. The summed E-state index contributed by atoms with van der Waals surface area (Å²) in [4.78, 5) is 17.7. The van der Waals surface area contributed by atoms with Gasteiger partial charge in [-0.25, -0.2) is 4.99 Å². The maximum Gasteiger partial charge on any atom is 0.243 e. The molecule has 0 saturated heterocycles. The molecule has 0 spiro atoms.